The molecule has 1 atom stereocenters. The molecule has 0 aromatic heterocycles. The lowest BCUT2D eigenvalue weighted by atomic mass is 9.78. The number of carbonyl (C=O) groups is 1. The normalized spacial score (nSPS) is 12.2. The van der Waals surface area contributed by atoms with Crippen LogP contribution in [0.2, 0.25) is 0 Å². The Morgan fingerprint density at radius 3 is 1.90 bits per heavy atom. The molecule has 0 saturated heterocycles. The zero-order valence-electron chi connectivity index (χ0n) is 20.5. The molecule has 0 heterocycles. The Morgan fingerprint density at radius 2 is 1.43 bits per heavy atom. The van der Waals surface area contributed by atoms with Crippen molar-refractivity contribution in [3.63, 3.8) is 0 Å². The zero-order chi connectivity index (χ0) is 22.8. The summed E-state index contributed by atoms with van der Waals surface area (Å²) < 4.78 is 0. The smallest absolute Gasteiger partial charge is 0.306 e. The number of hydrogen-bond donors (Lipinski definition) is 2. The predicted octanol–water partition coefficient (Wildman–Crippen LogP) is 7.85. The Balaban J connectivity index is 0.000000710. The molecule has 0 amide bonds. The average molecular weight is 420 g/mol. The molecular formula is C27H49NO2. The molecule has 3 nitrogen and oxygen atoms in total. The maximum absolute atomic E-state index is 10.4. The maximum Gasteiger partial charge on any atom is 0.306 e. The van der Waals surface area contributed by atoms with Crippen LogP contribution in [-0.4, -0.2) is 11.1 Å². The van der Waals surface area contributed by atoms with Crippen LogP contribution >= 0.6 is 0 Å². The van der Waals surface area contributed by atoms with Gasteiger partial charge in [0.05, 0.1) is 5.92 Å². The Bertz CT molecular complexity index is 548. The van der Waals surface area contributed by atoms with Crippen LogP contribution in [0, 0.1) is 5.92 Å². The van der Waals surface area contributed by atoms with Crippen molar-refractivity contribution in [1.82, 2.24) is 0 Å². The number of carboxylic acids is 1. The van der Waals surface area contributed by atoms with E-state index in [1.807, 2.05) is 6.92 Å². The fourth-order valence-electron chi connectivity index (χ4n) is 3.92. The van der Waals surface area contributed by atoms with Crippen LogP contribution in [0.1, 0.15) is 123 Å². The molecule has 1 rings (SSSR count). The van der Waals surface area contributed by atoms with Crippen molar-refractivity contribution < 1.29 is 9.90 Å². The third-order valence-electron chi connectivity index (χ3n) is 6.05. The standard InChI is InChI=1S/C19H33N.C8H16O2/c1-4-7-12-17-13-10-11-14-18(17)19(20,15-8-5-2)16-9-6-3;1-3-5-6-7(4-2)8(9)10/h10-11,13-14H,4-9,12,15-16,20H2,1-3H3;7H,3-6H2,1-2H3,(H,9,10). The van der Waals surface area contributed by atoms with E-state index >= 15 is 0 Å². The first kappa shape index (κ1) is 28.6. The molecule has 3 N–H and O–H groups in total. The van der Waals surface area contributed by atoms with Crippen molar-refractivity contribution in [2.75, 3.05) is 0 Å². The van der Waals surface area contributed by atoms with Crippen molar-refractivity contribution >= 4 is 5.97 Å². The van der Waals surface area contributed by atoms with Gasteiger partial charge < -0.3 is 10.8 Å². The highest BCUT2D eigenvalue weighted by atomic mass is 16.4. The average Bonchev–Trinajstić information content (AvgIpc) is 2.76. The van der Waals surface area contributed by atoms with Gasteiger partial charge in [0.25, 0.3) is 0 Å². The lowest BCUT2D eigenvalue weighted by molar-refractivity contribution is -0.142. The second-order valence-electron chi connectivity index (χ2n) is 8.71. The molecule has 0 aliphatic carbocycles. The van der Waals surface area contributed by atoms with Crippen LogP contribution in [-0.2, 0) is 16.8 Å². The van der Waals surface area contributed by atoms with E-state index in [4.69, 9.17) is 10.8 Å². The number of hydrogen-bond acceptors (Lipinski definition) is 2. The summed E-state index contributed by atoms with van der Waals surface area (Å²) in [6.07, 6.45) is 14.5. The topological polar surface area (TPSA) is 63.3 Å². The molecule has 0 saturated carbocycles. The van der Waals surface area contributed by atoms with Gasteiger partial charge in [-0.3, -0.25) is 4.79 Å². The largest absolute Gasteiger partial charge is 0.481 e. The van der Waals surface area contributed by atoms with Crippen LogP contribution in [0.15, 0.2) is 24.3 Å². The third-order valence-corrected chi connectivity index (χ3v) is 6.05. The van der Waals surface area contributed by atoms with Crippen LogP contribution in [0.5, 0.6) is 0 Å². The summed E-state index contributed by atoms with van der Waals surface area (Å²) in [6, 6.07) is 8.87. The molecule has 1 aromatic carbocycles. The third kappa shape index (κ3) is 11.2. The van der Waals surface area contributed by atoms with E-state index < -0.39 is 5.97 Å². The van der Waals surface area contributed by atoms with E-state index in [2.05, 4.69) is 52.0 Å². The Kier molecular flexibility index (Phi) is 16.6. The number of aryl methyl sites for hydroxylation is 1. The number of nitrogens with two attached hydrogens (primary N) is 1. The lowest BCUT2D eigenvalue weighted by Crippen LogP contribution is -2.37. The number of unbranched alkanes of at least 4 members (excludes halogenated alkanes) is 4. The quantitative estimate of drug-likeness (QED) is 0.304. The Labute approximate surface area is 186 Å². The molecular weight excluding hydrogens is 370 g/mol. The Morgan fingerprint density at radius 1 is 0.900 bits per heavy atom. The summed E-state index contributed by atoms with van der Waals surface area (Å²) in [6.45, 7) is 10.8. The first-order valence-electron chi connectivity index (χ1n) is 12.5. The van der Waals surface area contributed by atoms with Crippen molar-refractivity contribution in [3.8, 4) is 0 Å². The van der Waals surface area contributed by atoms with E-state index in [1.165, 1.54) is 56.1 Å². The number of aliphatic carboxylic acids is 1. The van der Waals surface area contributed by atoms with E-state index in [9.17, 15) is 4.79 Å². The molecule has 1 unspecified atom stereocenters. The second-order valence-corrected chi connectivity index (χ2v) is 8.71. The number of carboxylic acid groups (broad SMARTS) is 1. The number of benzene rings is 1. The molecule has 0 fully saturated rings. The predicted molar refractivity (Wildman–Crippen MR) is 131 cm³/mol. The molecule has 1 aromatic rings. The summed E-state index contributed by atoms with van der Waals surface area (Å²) in [7, 11) is 0. The first-order chi connectivity index (χ1) is 14.4. The summed E-state index contributed by atoms with van der Waals surface area (Å²) in [5, 5.41) is 8.60. The van der Waals surface area contributed by atoms with E-state index in [1.54, 1.807) is 0 Å². The van der Waals surface area contributed by atoms with Gasteiger partial charge in [-0.15, -0.1) is 0 Å². The van der Waals surface area contributed by atoms with Crippen molar-refractivity contribution in [3.05, 3.63) is 35.4 Å². The van der Waals surface area contributed by atoms with Gasteiger partial charge in [-0.1, -0.05) is 104 Å². The van der Waals surface area contributed by atoms with Crippen molar-refractivity contribution in [2.24, 2.45) is 11.7 Å². The highest BCUT2D eigenvalue weighted by Crippen LogP contribution is 2.33. The molecule has 0 aliphatic heterocycles. The summed E-state index contributed by atoms with van der Waals surface area (Å²) in [5.74, 6) is -0.754. The highest BCUT2D eigenvalue weighted by Gasteiger charge is 2.28. The van der Waals surface area contributed by atoms with Crippen LogP contribution in [0.25, 0.3) is 0 Å². The molecule has 3 heteroatoms. The maximum atomic E-state index is 10.4. The van der Waals surface area contributed by atoms with Gasteiger partial charge >= 0.3 is 5.97 Å². The van der Waals surface area contributed by atoms with Gasteiger partial charge in [0, 0.05) is 5.54 Å². The Hall–Kier alpha value is -1.35. The van der Waals surface area contributed by atoms with Gasteiger partial charge in [0.2, 0.25) is 0 Å². The second kappa shape index (κ2) is 17.3. The SMILES string of the molecule is CCCCC(CC)C(=O)O.CCCCc1ccccc1C(N)(CCCC)CCCC. The minimum atomic E-state index is -0.643. The van der Waals surface area contributed by atoms with Gasteiger partial charge in [0.1, 0.15) is 0 Å². The fourth-order valence-corrected chi connectivity index (χ4v) is 3.92. The summed E-state index contributed by atoms with van der Waals surface area (Å²) >= 11 is 0. The van der Waals surface area contributed by atoms with Gasteiger partial charge in [0.15, 0.2) is 0 Å². The van der Waals surface area contributed by atoms with Gasteiger partial charge in [-0.25, -0.2) is 0 Å². The van der Waals surface area contributed by atoms with Gasteiger partial charge in [-0.05, 0) is 49.7 Å². The minimum Gasteiger partial charge on any atom is -0.481 e. The van der Waals surface area contributed by atoms with Crippen molar-refractivity contribution in [1.29, 1.82) is 0 Å². The van der Waals surface area contributed by atoms with Crippen LogP contribution in [0.3, 0.4) is 0 Å². The zero-order valence-corrected chi connectivity index (χ0v) is 20.5. The fraction of sp³-hybridized carbons (Fsp3) is 0.741. The van der Waals surface area contributed by atoms with Crippen LogP contribution in [0.4, 0.5) is 0 Å². The molecule has 0 bridgehead atoms. The molecule has 0 aliphatic rings. The molecule has 174 valence electrons. The summed E-state index contributed by atoms with van der Waals surface area (Å²) in [5.41, 5.74) is 9.64. The molecule has 0 spiro atoms. The summed E-state index contributed by atoms with van der Waals surface area (Å²) in [4.78, 5) is 10.4. The van der Waals surface area contributed by atoms with Crippen LogP contribution < -0.4 is 5.73 Å². The molecule has 30 heavy (non-hydrogen) atoms. The van der Waals surface area contributed by atoms with Gasteiger partial charge in [-0.2, -0.15) is 0 Å². The van der Waals surface area contributed by atoms with E-state index in [-0.39, 0.29) is 11.5 Å². The lowest BCUT2D eigenvalue weighted by Gasteiger charge is -2.32. The van der Waals surface area contributed by atoms with E-state index in [0.717, 1.165) is 38.5 Å². The van der Waals surface area contributed by atoms with Crippen molar-refractivity contribution in [2.45, 2.75) is 124 Å². The minimum absolute atomic E-state index is 0.111. The molecule has 0 radical (unpaired) electrons. The number of rotatable bonds is 15. The monoisotopic (exact) mass is 419 g/mol. The first-order valence-corrected chi connectivity index (χ1v) is 12.5. The van der Waals surface area contributed by atoms with E-state index in [0.29, 0.717) is 0 Å². The highest BCUT2D eigenvalue weighted by molar-refractivity contribution is 5.69.